The van der Waals surface area contributed by atoms with E-state index in [4.69, 9.17) is 9.15 Å². The van der Waals surface area contributed by atoms with E-state index in [1.54, 1.807) is 19.5 Å². The van der Waals surface area contributed by atoms with E-state index in [1.807, 2.05) is 24.3 Å². The maximum atomic E-state index is 5.92. The van der Waals surface area contributed by atoms with Gasteiger partial charge in [-0.15, -0.1) is 0 Å². The normalized spacial score (nSPS) is 17.0. The van der Waals surface area contributed by atoms with Crippen molar-refractivity contribution in [1.82, 2.24) is 19.9 Å². The summed E-state index contributed by atoms with van der Waals surface area (Å²) in [5.74, 6) is 2.17. The molecular weight excluding hydrogens is 318 g/mol. The zero-order valence-electron chi connectivity index (χ0n) is 14.4. The highest BCUT2D eigenvalue weighted by Gasteiger charge is 2.26. The molecule has 4 rings (SSSR count). The van der Waals surface area contributed by atoms with Gasteiger partial charge in [0.25, 0.3) is 0 Å². The van der Waals surface area contributed by atoms with Crippen LogP contribution < -0.4 is 9.64 Å². The Labute approximate surface area is 146 Å². The first kappa shape index (κ1) is 15.8. The summed E-state index contributed by atoms with van der Waals surface area (Å²) in [6.07, 6.45) is 3.40. The van der Waals surface area contributed by atoms with E-state index in [2.05, 4.69) is 31.7 Å². The SMILES string of the molecule is COc1cncc(N2CCN([C@H](C)c3nc4ccccc4o3)CC2)n1. The first-order chi connectivity index (χ1) is 12.2. The predicted molar refractivity (Wildman–Crippen MR) is 94.8 cm³/mol. The molecule has 1 aliphatic rings. The molecule has 1 aliphatic heterocycles. The van der Waals surface area contributed by atoms with E-state index in [0.29, 0.717) is 5.88 Å². The van der Waals surface area contributed by atoms with Crippen LogP contribution in [-0.4, -0.2) is 53.1 Å². The molecule has 1 fully saturated rings. The molecule has 0 aliphatic carbocycles. The molecule has 2 aromatic heterocycles. The average molecular weight is 339 g/mol. The van der Waals surface area contributed by atoms with Crippen molar-refractivity contribution in [2.75, 3.05) is 38.2 Å². The van der Waals surface area contributed by atoms with E-state index in [1.165, 1.54) is 0 Å². The highest BCUT2D eigenvalue weighted by atomic mass is 16.5. The largest absolute Gasteiger partial charge is 0.480 e. The number of anilines is 1. The van der Waals surface area contributed by atoms with Gasteiger partial charge in [-0.05, 0) is 19.1 Å². The Morgan fingerprint density at radius 1 is 1.08 bits per heavy atom. The lowest BCUT2D eigenvalue weighted by Gasteiger charge is -2.37. The van der Waals surface area contributed by atoms with Crippen molar-refractivity contribution < 1.29 is 9.15 Å². The number of fused-ring (bicyclic) bond motifs is 1. The molecule has 0 saturated carbocycles. The number of nitrogens with zero attached hydrogens (tertiary/aromatic N) is 5. The van der Waals surface area contributed by atoms with Crippen LogP contribution in [0, 0.1) is 0 Å². The minimum absolute atomic E-state index is 0.144. The summed E-state index contributed by atoms with van der Waals surface area (Å²) >= 11 is 0. The number of oxazole rings is 1. The maximum Gasteiger partial charge on any atom is 0.233 e. The van der Waals surface area contributed by atoms with Gasteiger partial charge in [0, 0.05) is 26.2 Å². The van der Waals surface area contributed by atoms with E-state index in [-0.39, 0.29) is 6.04 Å². The van der Waals surface area contributed by atoms with Crippen molar-refractivity contribution in [1.29, 1.82) is 0 Å². The van der Waals surface area contributed by atoms with Crippen LogP contribution in [0.2, 0.25) is 0 Å². The van der Waals surface area contributed by atoms with Crippen LogP contribution in [0.25, 0.3) is 11.1 Å². The number of methoxy groups -OCH3 is 1. The van der Waals surface area contributed by atoms with Crippen molar-refractivity contribution in [3.05, 3.63) is 42.5 Å². The summed E-state index contributed by atoms with van der Waals surface area (Å²) < 4.78 is 11.1. The molecule has 7 heteroatoms. The maximum absolute atomic E-state index is 5.92. The third-order valence-corrected chi connectivity index (χ3v) is 4.66. The van der Waals surface area contributed by atoms with Gasteiger partial charge in [-0.2, -0.15) is 4.98 Å². The number of benzene rings is 1. The summed E-state index contributed by atoms with van der Waals surface area (Å²) in [5.41, 5.74) is 1.75. The molecule has 3 aromatic rings. The van der Waals surface area contributed by atoms with Crippen molar-refractivity contribution in [2.45, 2.75) is 13.0 Å². The first-order valence-corrected chi connectivity index (χ1v) is 8.45. The highest BCUT2D eigenvalue weighted by Crippen LogP contribution is 2.26. The first-order valence-electron chi connectivity index (χ1n) is 8.45. The molecule has 1 aromatic carbocycles. The number of hydrogen-bond donors (Lipinski definition) is 0. The number of ether oxygens (including phenoxy) is 1. The smallest absolute Gasteiger partial charge is 0.233 e. The Bertz CT molecular complexity index is 824. The van der Waals surface area contributed by atoms with Crippen LogP contribution in [0.1, 0.15) is 18.9 Å². The monoisotopic (exact) mass is 339 g/mol. The molecule has 0 bridgehead atoms. The second-order valence-corrected chi connectivity index (χ2v) is 6.14. The summed E-state index contributed by atoms with van der Waals surface area (Å²) in [6.45, 7) is 5.74. The predicted octanol–water partition coefficient (Wildman–Crippen LogP) is 2.51. The molecule has 130 valence electrons. The lowest BCUT2D eigenvalue weighted by molar-refractivity contribution is 0.174. The Balaban J connectivity index is 1.44. The van der Waals surface area contributed by atoms with Crippen LogP contribution in [-0.2, 0) is 0 Å². The summed E-state index contributed by atoms with van der Waals surface area (Å²) in [4.78, 5) is 17.9. The molecule has 0 radical (unpaired) electrons. The van der Waals surface area contributed by atoms with Gasteiger partial charge in [0.15, 0.2) is 11.4 Å². The van der Waals surface area contributed by atoms with Crippen molar-refractivity contribution >= 4 is 16.9 Å². The fourth-order valence-corrected chi connectivity index (χ4v) is 3.15. The average Bonchev–Trinajstić information content (AvgIpc) is 3.12. The lowest BCUT2D eigenvalue weighted by Crippen LogP contribution is -2.47. The third-order valence-electron chi connectivity index (χ3n) is 4.66. The zero-order valence-corrected chi connectivity index (χ0v) is 14.4. The van der Waals surface area contributed by atoms with Crippen LogP contribution >= 0.6 is 0 Å². The van der Waals surface area contributed by atoms with E-state index in [9.17, 15) is 0 Å². The van der Waals surface area contributed by atoms with E-state index in [0.717, 1.165) is 49.0 Å². The topological polar surface area (TPSA) is 67.5 Å². The summed E-state index contributed by atoms with van der Waals surface area (Å²) in [6, 6.07) is 8.03. The van der Waals surface area contributed by atoms with Gasteiger partial charge < -0.3 is 14.1 Å². The summed E-state index contributed by atoms with van der Waals surface area (Å²) in [5, 5.41) is 0. The molecule has 7 nitrogen and oxygen atoms in total. The number of para-hydroxylation sites is 2. The molecule has 25 heavy (non-hydrogen) atoms. The third kappa shape index (κ3) is 3.15. The van der Waals surface area contributed by atoms with E-state index >= 15 is 0 Å². The van der Waals surface area contributed by atoms with Gasteiger partial charge in [-0.3, -0.25) is 9.88 Å². The van der Waals surface area contributed by atoms with Crippen molar-refractivity contribution in [2.24, 2.45) is 0 Å². The number of piperazine rings is 1. The lowest BCUT2D eigenvalue weighted by atomic mass is 10.2. The molecule has 0 unspecified atom stereocenters. The molecule has 1 saturated heterocycles. The molecule has 0 N–H and O–H groups in total. The van der Waals surface area contributed by atoms with Gasteiger partial charge in [0.2, 0.25) is 11.8 Å². The number of rotatable bonds is 4. The van der Waals surface area contributed by atoms with Crippen molar-refractivity contribution in [3.63, 3.8) is 0 Å². The second kappa shape index (κ2) is 6.68. The minimum atomic E-state index is 0.144. The standard InChI is InChI=1S/C18H21N5O2/c1-13(18-20-14-5-3-4-6-15(14)25-18)22-7-9-23(10-8-22)16-11-19-12-17(21-16)24-2/h3-6,11-13H,7-10H2,1-2H3/t13-/m1/s1. The highest BCUT2D eigenvalue weighted by molar-refractivity contribution is 5.72. The second-order valence-electron chi connectivity index (χ2n) is 6.14. The van der Waals surface area contributed by atoms with Gasteiger partial charge in [0.1, 0.15) is 5.52 Å². The summed E-state index contributed by atoms with van der Waals surface area (Å²) in [7, 11) is 1.60. The van der Waals surface area contributed by atoms with Crippen LogP contribution in [0.3, 0.4) is 0 Å². The van der Waals surface area contributed by atoms with Gasteiger partial charge in [0.05, 0.1) is 25.5 Å². The Hall–Kier alpha value is -2.67. The fourth-order valence-electron chi connectivity index (χ4n) is 3.15. The van der Waals surface area contributed by atoms with Gasteiger partial charge in [-0.1, -0.05) is 12.1 Å². The quantitative estimate of drug-likeness (QED) is 0.723. The number of hydrogen-bond acceptors (Lipinski definition) is 7. The molecule has 0 amide bonds. The van der Waals surface area contributed by atoms with Crippen LogP contribution in [0.5, 0.6) is 5.88 Å². The minimum Gasteiger partial charge on any atom is -0.480 e. The Morgan fingerprint density at radius 3 is 2.64 bits per heavy atom. The molecule has 1 atom stereocenters. The van der Waals surface area contributed by atoms with Crippen LogP contribution in [0.4, 0.5) is 5.82 Å². The Morgan fingerprint density at radius 2 is 1.88 bits per heavy atom. The Kier molecular flexibility index (Phi) is 4.23. The zero-order chi connectivity index (χ0) is 17.2. The van der Waals surface area contributed by atoms with Crippen molar-refractivity contribution in [3.8, 4) is 5.88 Å². The number of aromatic nitrogens is 3. The van der Waals surface area contributed by atoms with Gasteiger partial charge in [-0.25, -0.2) is 4.98 Å². The molecule has 0 spiro atoms. The van der Waals surface area contributed by atoms with E-state index < -0.39 is 0 Å². The molecular formula is C18H21N5O2. The fraction of sp³-hybridized carbons (Fsp3) is 0.389. The van der Waals surface area contributed by atoms with Gasteiger partial charge >= 0.3 is 0 Å². The van der Waals surface area contributed by atoms with Crippen LogP contribution in [0.15, 0.2) is 41.1 Å². The molecule has 3 heterocycles.